The van der Waals surface area contributed by atoms with E-state index < -0.39 is 6.17 Å². The van der Waals surface area contributed by atoms with Gasteiger partial charge in [0.25, 0.3) is 0 Å². The van der Waals surface area contributed by atoms with Crippen molar-refractivity contribution in [2.45, 2.75) is 38.8 Å². The number of hydrogen-bond acceptors (Lipinski definition) is 1. The van der Waals surface area contributed by atoms with Gasteiger partial charge in [0.2, 0.25) is 0 Å². The Balaban J connectivity index is 2.56. The van der Waals surface area contributed by atoms with E-state index >= 15 is 0 Å². The van der Waals surface area contributed by atoms with Crippen molar-refractivity contribution in [2.75, 3.05) is 6.54 Å². The molecule has 0 heterocycles. The van der Waals surface area contributed by atoms with Crippen molar-refractivity contribution in [3.05, 3.63) is 35.4 Å². The van der Waals surface area contributed by atoms with Crippen LogP contribution in [0.2, 0.25) is 0 Å². The SMILES string of the molecule is CC(C)c1ccc(CC(F)CCN)cc1. The van der Waals surface area contributed by atoms with Crippen molar-refractivity contribution < 1.29 is 4.39 Å². The summed E-state index contributed by atoms with van der Waals surface area (Å²) in [5, 5.41) is 0. The summed E-state index contributed by atoms with van der Waals surface area (Å²) in [4.78, 5) is 0. The summed E-state index contributed by atoms with van der Waals surface area (Å²) in [6.07, 6.45) is 0.126. The molecule has 0 aliphatic carbocycles. The van der Waals surface area contributed by atoms with Gasteiger partial charge in [0.15, 0.2) is 0 Å². The van der Waals surface area contributed by atoms with Crippen molar-refractivity contribution in [3.8, 4) is 0 Å². The van der Waals surface area contributed by atoms with E-state index in [0.717, 1.165) is 5.56 Å². The summed E-state index contributed by atoms with van der Waals surface area (Å²) < 4.78 is 13.3. The fraction of sp³-hybridized carbons (Fsp3) is 0.538. The van der Waals surface area contributed by atoms with Crippen LogP contribution in [0.4, 0.5) is 4.39 Å². The predicted molar refractivity (Wildman–Crippen MR) is 62.8 cm³/mol. The van der Waals surface area contributed by atoms with Gasteiger partial charge in [-0.25, -0.2) is 4.39 Å². The average Bonchev–Trinajstić information content (AvgIpc) is 2.18. The fourth-order valence-electron chi connectivity index (χ4n) is 1.58. The molecule has 0 aliphatic rings. The molecule has 2 heteroatoms. The van der Waals surface area contributed by atoms with Gasteiger partial charge < -0.3 is 5.73 Å². The number of halogens is 1. The monoisotopic (exact) mass is 209 g/mol. The first-order valence-corrected chi connectivity index (χ1v) is 5.56. The van der Waals surface area contributed by atoms with Crippen molar-refractivity contribution in [3.63, 3.8) is 0 Å². The van der Waals surface area contributed by atoms with E-state index in [2.05, 4.69) is 26.0 Å². The Morgan fingerprint density at radius 1 is 1.20 bits per heavy atom. The van der Waals surface area contributed by atoms with Crippen molar-refractivity contribution in [1.82, 2.24) is 0 Å². The van der Waals surface area contributed by atoms with Crippen LogP contribution in [0.5, 0.6) is 0 Å². The highest BCUT2D eigenvalue weighted by Crippen LogP contribution is 2.16. The maximum Gasteiger partial charge on any atom is 0.105 e. The Bertz CT molecular complexity index is 279. The standard InChI is InChI=1S/C13H20FN/c1-10(2)12-5-3-11(4-6-12)9-13(14)7-8-15/h3-6,10,13H,7-9,15H2,1-2H3. The quantitative estimate of drug-likeness (QED) is 0.792. The average molecular weight is 209 g/mol. The van der Waals surface area contributed by atoms with Crippen LogP contribution in [0.25, 0.3) is 0 Å². The van der Waals surface area contributed by atoms with Crippen LogP contribution in [-0.4, -0.2) is 12.7 Å². The highest BCUT2D eigenvalue weighted by molar-refractivity contribution is 5.25. The van der Waals surface area contributed by atoms with Crippen molar-refractivity contribution in [2.24, 2.45) is 5.73 Å². The molecular weight excluding hydrogens is 189 g/mol. The van der Waals surface area contributed by atoms with Gasteiger partial charge in [-0.2, -0.15) is 0 Å². The van der Waals surface area contributed by atoms with E-state index in [1.54, 1.807) is 0 Å². The Labute approximate surface area is 91.5 Å². The molecule has 1 aromatic rings. The number of benzene rings is 1. The molecule has 0 radical (unpaired) electrons. The zero-order chi connectivity index (χ0) is 11.3. The molecule has 0 spiro atoms. The van der Waals surface area contributed by atoms with E-state index in [1.165, 1.54) is 5.56 Å². The smallest absolute Gasteiger partial charge is 0.105 e. The van der Waals surface area contributed by atoms with Crippen LogP contribution >= 0.6 is 0 Å². The summed E-state index contributed by atoms with van der Waals surface area (Å²) >= 11 is 0. The maximum atomic E-state index is 13.3. The number of alkyl halides is 1. The van der Waals surface area contributed by atoms with Crippen LogP contribution in [0.3, 0.4) is 0 Å². The minimum Gasteiger partial charge on any atom is -0.330 e. The molecule has 15 heavy (non-hydrogen) atoms. The third kappa shape index (κ3) is 4.00. The van der Waals surface area contributed by atoms with Crippen LogP contribution in [0, 0.1) is 0 Å². The minimum absolute atomic E-state index is 0.422. The fourth-order valence-corrected chi connectivity index (χ4v) is 1.58. The third-order valence-electron chi connectivity index (χ3n) is 2.58. The zero-order valence-corrected chi connectivity index (χ0v) is 9.54. The molecule has 0 amide bonds. The molecule has 1 aromatic carbocycles. The molecule has 0 bridgehead atoms. The lowest BCUT2D eigenvalue weighted by Gasteiger charge is -2.09. The lowest BCUT2D eigenvalue weighted by molar-refractivity contribution is 0.316. The first-order valence-electron chi connectivity index (χ1n) is 5.56. The van der Waals surface area contributed by atoms with Gasteiger partial charge in [-0.3, -0.25) is 0 Å². The highest BCUT2D eigenvalue weighted by Gasteiger charge is 2.06. The lowest BCUT2D eigenvalue weighted by Crippen LogP contribution is -2.11. The third-order valence-corrected chi connectivity index (χ3v) is 2.58. The minimum atomic E-state index is -0.806. The summed E-state index contributed by atoms with van der Waals surface area (Å²) in [6.45, 7) is 4.73. The first kappa shape index (κ1) is 12.2. The van der Waals surface area contributed by atoms with Gasteiger partial charge in [-0.15, -0.1) is 0 Å². The molecule has 0 saturated heterocycles. The molecule has 2 N–H and O–H groups in total. The van der Waals surface area contributed by atoms with E-state index in [0.29, 0.717) is 25.3 Å². The Morgan fingerprint density at radius 2 is 1.80 bits per heavy atom. The first-order chi connectivity index (χ1) is 7.13. The molecule has 0 fully saturated rings. The number of nitrogens with two attached hydrogens (primary N) is 1. The number of hydrogen-bond donors (Lipinski definition) is 1. The van der Waals surface area contributed by atoms with E-state index in [1.807, 2.05) is 12.1 Å². The van der Waals surface area contributed by atoms with Crippen LogP contribution in [0.1, 0.15) is 37.3 Å². The molecule has 0 aliphatic heterocycles. The Hall–Kier alpha value is -0.890. The van der Waals surface area contributed by atoms with Gasteiger partial charge >= 0.3 is 0 Å². The summed E-state index contributed by atoms with van der Waals surface area (Å²) in [6, 6.07) is 8.18. The zero-order valence-electron chi connectivity index (χ0n) is 9.54. The van der Waals surface area contributed by atoms with Gasteiger partial charge in [0.05, 0.1) is 0 Å². The topological polar surface area (TPSA) is 26.0 Å². The predicted octanol–water partition coefficient (Wildman–Crippen LogP) is 3.04. The second-order valence-electron chi connectivity index (χ2n) is 4.28. The van der Waals surface area contributed by atoms with Crippen molar-refractivity contribution in [1.29, 1.82) is 0 Å². The van der Waals surface area contributed by atoms with Crippen molar-refractivity contribution >= 4 is 0 Å². The molecule has 0 aromatic heterocycles. The van der Waals surface area contributed by atoms with Gasteiger partial charge in [0.1, 0.15) is 6.17 Å². The maximum absolute atomic E-state index is 13.3. The molecule has 1 nitrogen and oxygen atoms in total. The number of rotatable bonds is 5. The molecule has 1 atom stereocenters. The van der Waals surface area contributed by atoms with Gasteiger partial charge in [-0.1, -0.05) is 38.1 Å². The van der Waals surface area contributed by atoms with Gasteiger partial charge in [0, 0.05) is 6.42 Å². The molecule has 1 unspecified atom stereocenters. The van der Waals surface area contributed by atoms with Crippen LogP contribution < -0.4 is 5.73 Å². The largest absolute Gasteiger partial charge is 0.330 e. The molecule has 0 saturated carbocycles. The van der Waals surface area contributed by atoms with E-state index in [4.69, 9.17) is 5.73 Å². The molecular formula is C13H20FN. The Kier molecular flexibility index (Phi) is 4.76. The second kappa shape index (κ2) is 5.86. The molecule has 84 valence electrons. The van der Waals surface area contributed by atoms with E-state index in [-0.39, 0.29) is 0 Å². The highest BCUT2D eigenvalue weighted by atomic mass is 19.1. The second-order valence-corrected chi connectivity index (χ2v) is 4.28. The van der Waals surface area contributed by atoms with Crippen LogP contribution in [-0.2, 0) is 6.42 Å². The Morgan fingerprint density at radius 3 is 2.27 bits per heavy atom. The lowest BCUT2D eigenvalue weighted by atomic mass is 9.99. The van der Waals surface area contributed by atoms with E-state index in [9.17, 15) is 4.39 Å². The summed E-state index contributed by atoms with van der Waals surface area (Å²) in [5.41, 5.74) is 7.66. The molecule has 1 rings (SSSR count). The van der Waals surface area contributed by atoms with Crippen LogP contribution in [0.15, 0.2) is 24.3 Å². The summed E-state index contributed by atoms with van der Waals surface area (Å²) in [7, 11) is 0. The van der Waals surface area contributed by atoms with Gasteiger partial charge in [-0.05, 0) is 30.0 Å². The normalized spacial score (nSPS) is 13.1. The summed E-state index contributed by atoms with van der Waals surface area (Å²) in [5.74, 6) is 0.532.